The van der Waals surface area contributed by atoms with Crippen LogP contribution in [0.25, 0.3) is 10.2 Å². The average molecular weight is 277 g/mol. The van der Waals surface area contributed by atoms with Crippen molar-refractivity contribution in [3.63, 3.8) is 0 Å². The first-order valence-electron chi connectivity index (χ1n) is 5.40. The number of rotatable bonds is 3. The summed E-state index contributed by atoms with van der Waals surface area (Å²) in [5, 5.41) is 1.41. The van der Waals surface area contributed by atoms with Gasteiger partial charge in [0.05, 0.1) is 16.4 Å². The molecule has 5 heteroatoms. The Labute approximate surface area is 113 Å². The van der Waals surface area contributed by atoms with Gasteiger partial charge in [-0.15, -0.1) is 11.3 Å². The maximum absolute atomic E-state index is 5.71. The normalized spacial score (nSPS) is 10.7. The van der Waals surface area contributed by atoms with Crippen LogP contribution in [0.2, 0.25) is 5.15 Å². The fourth-order valence-corrected chi connectivity index (χ4v) is 2.57. The van der Waals surface area contributed by atoms with Crippen molar-refractivity contribution in [2.45, 2.75) is 6.61 Å². The zero-order valence-corrected chi connectivity index (χ0v) is 10.9. The minimum Gasteiger partial charge on any atom is -0.485 e. The summed E-state index contributed by atoms with van der Waals surface area (Å²) in [4.78, 5) is 8.45. The molecule has 0 saturated carbocycles. The van der Waals surface area contributed by atoms with Crippen molar-refractivity contribution in [2.24, 2.45) is 0 Å². The van der Waals surface area contributed by atoms with Gasteiger partial charge in [-0.1, -0.05) is 23.7 Å². The zero-order valence-electron chi connectivity index (χ0n) is 9.34. The second kappa shape index (κ2) is 4.92. The van der Waals surface area contributed by atoms with Crippen LogP contribution >= 0.6 is 22.9 Å². The molecule has 0 aliphatic rings. The Morgan fingerprint density at radius 1 is 1.17 bits per heavy atom. The number of hydrogen-bond acceptors (Lipinski definition) is 4. The van der Waals surface area contributed by atoms with Crippen molar-refractivity contribution >= 4 is 33.2 Å². The Morgan fingerprint density at radius 2 is 2.06 bits per heavy atom. The average Bonchev–Trinajstić information content (AvgIpc) is 2.81. The van der Waals surface area contributed by atoms with Gasteiger partial charge < -0.3 is 4.74 Å². The SMILES string of the molecule is Clc1ccc(OCc2nc3ccccc3s2)cn1. The molecule has 2 heterocycles. The van der Waals surface area contributed by atoms with Crippen molar-refractivity contribution in [1.82, 2.24) is 9.97 Å². The van der Waals surface area contributed by atoms with Crippen LogP contribution < -0.4 is 4.74 Å². The first kappa shape index (κ1) is 11.4. The molecule has 0 atom stereocenters. The van der Waals surface area contributed by atoms with E-state index in [1.54, 1.807) is 29.7 Å². The largest absolute Gasteiger partial charge is 0.485 e. The van der Waals surface area contributed by atoms with E-state index in [-0.39, 0.29) is 0 Å². The summed E-state index contributed by atoms with van der Waals surface area (Å²) in [5.74, 6) is 0.693. The second-order valence-corrected chi connectivity index (χ2v) is 5.18. The third-order valence-corrected chi connectivity index (χ3v) is 3.63. The van der Waals surface area contributed by atoms with Crippen molar-refractivity contribution in [3.8, 4) is 5.75 Å². The fraction of sp³-hybridized carbons (Fsp3) is 0.0769. The molecule has 3 aromatic rings. The summed E-state index contributed by atoms with van der Waals surface area (Å²) in [6, 6.07) is 11.5. The van der Waals surface area contributed by atoms with Crippen molar-refractivity contribution in [1.29, 1.82) is 0 Å². The number of pyridine rings is 1. The first-order chi connectivity index (χ1) is 8.81. The highest BCUT2D eigenvalue weighted by Crippen LogP contribution is 2.22. The van der Waals surface area contributed by atoms with Gasteiger partial charge in [0.25, 0.3) is 0 Å². The zero-order chi connectivity index (χ0) is 12.4. The molecule has 0 bridgehead atoms. The van der Waals surface area contributed by atoms with E-state index < -0.39 is 0 Å². The summed E-state index contributed by atoms with van der Waals surface area (Å²) in [6.07, 6.45) is 1.61. The highest BCUT2D eigenvalue weighted by atomic mass is 35.5. The van der Waals surface area contributed by atoms with Gasteiger partial charge in [0, 0.05) is 0 Å². The molecule has 0 aliphatic heterocycles. The third-order valence-electron chi connectivity index (χ3n) is 2.40. The van der Waals surface area contributed by atoms with E-state index in [1.165, 1.54) is 4.70 Å². The number of thiazole rings is 1. The molecule has 0 N–H and O–H groups in total. The van der Waals surface area contributed by atoms with Crippen LogP contribution in [-0.4, -0.2) is 9.97 Å². The van der Waals surface area contributed by atoms with Gasteiger partial charge in [-0.05, 0) is 24.3 Å². The quantitative estimate of drug-likeness (QED) is 0.680. The van der Waals surface area contributed by atoms with Crippen molar-refractivity contribution < 1.29 is 4.74 Å². The molecule has 0 amide bonds. The number of hydrogen-bond donors (Lipinski definition) is 0. The van der Waals surface area contributed by atoms with Crippen LogP contribution in [0.15, 0.2) is 42.6 Å². The van der Waals surface area contributed by atoms with Crippen LogP contribution in [-0.2, 0) is 6.61 Å². The molecule has 0 aliphatic carbocycles. The monoisotopic (exact) mass is 276 g/mol. The van der Waals surface area contributed by atoms with E-state index in [4.69, 9.17) is 16.3 Å². The minimum atomic E-state index is 0.447. The van der Waals surface area contributed by atoms with E-state index in [1.807, 2.05) is 18.2 Å². The van der Waals surface area contributed by atoms with Crippen LogP contribution in [0.1, 0.15) is 5.01 Å². The number of nitrogens with zero attached hydrogens (tertiary/aromatic N) is 2. The van der Waals surface area contributed by atoms with Gasteiger partial charge in [0.15, 0.2) is 0 Å². The Balaban J connectivity index is 1.74. The molecule has 0 fully saturated rings. The van der Waals surface area contributed by atoms with E-state index in [9.17, 15) is 0 Å². The molecule has 0 radical (unpaired) electrons. The maximum Gasteiger partial charge on any atom is 0.140 e. The van der Waals surface area contributed by atoms with Gasteiger partial charge in [-0.2, -0.15) is 0 Å². The van der Waals surface area contributed by atoms with E-state index >= 15 is 0 Å². The predicted octanol–water partition coefficient (Wildman–Crippen LogP) is 3.92. The van der Waals surface area contributed by atoms with Crippen LogP contribution in [0.3, 0.4) is 0 Å². The molecule has 0 spiro atoms. The lowest BCUT2D eigenvalue weighted by Gasteiger charge is -2.02. The molecule has 0 saturated heterocycles. The van der Waals surface area contributed by atoms with E-state index in [0.717, 1.165) is 10.5 Å². The topological polar surface area (TPSA) is 35.0 Å². The number of benzene rings is 1. The number of para-hydroxylation sites is 1. The second-order valence-electron chi connectivity index (χ2n) is 3.68. The Bertz CT molecular complexity index is 633. The third kappa shape index (κ3) is 2.44. The summed E-state index contributed by atoms with van der Waals surface area (Å²) >= 11 is 7.34. The molecule has 0 unspecified atom stereocenters. The molecule has 2 aromatic heterocycles. The lowest BCUT2D eigenvalue weighted by atomic mass is 10.3. The van der Waals surface area contributed by atoms with Crippen molar-refractivity contribution in [2.75, 3.05) is 0 Å². The van der Waals surface area contributed by atoms with Crippen molar-refractivity contribution in [3.05, 3.63) is 52.8 Å². The summed E-state index contributed by atoms with van der Waals surface area (Å²) < 4.78 is 6.77. The lowest BCUT2D eigenvalue weighted by Crippen LogP contribution is -1.94. The van der Waals surface area contributed by atoms with Gasteiger partial charge >= 0.3 is 0 Å². The lowest BCUT2D eigenvalue weighted by molar-refractivity contribution is 0.304. The minimum absolute atomic E-state index is 0.447. The first-order valence-corrected chi connectivity index (χ1v) is 6.59. The standard InChI is InChI=1S/C13H9ClN2OS/c14-12-6-5-9(7-15-12)17-8-13-16-10-3-1-2-4-11(10)18-13/h1-7H,8H2. The van der Waals surface area contributed by atoms with Gasteiger partial charge in [0.2, 0.25) is 0 Å². The van der Waals surface area contributed by atoms with Crippen LogP contribution in [0.4, 0.5) is 0 Å². The Hall–Kier alpha value is -1.65. The number of fused-ring (bicyclic) bond motifs is 1. The summed E-state index contributed by atoms with van der Waals surface area (Å²) in [6.45, 7) is 0.447. The van der Waals surface area contributed by atoms with E-state index in [2.05, 4.69) is 16.0 Å². The van der Waals surface area contributed by atoms with E-state index in [0.29, 0.717) is 17.5 Å². The maximum atomic E-state index is 5.71. The fourth-order valence-electron chi connectivity index (χ4n) is 1.57. The predicted molar refractivity (Wildman–Crippen MR) is 73.2 cm³/mol. The smallest absolute Gasteiger partial charge is 0.140 e. The Morgan fingerprint density at radius 3 is 2.83 bits per heavy atom. The van der Waals surface area contributed by atoms with Gasteiger partial charge in [0.1, 0.15) is 22.5 Å². The van der Waals surface area contributed by atoms with Crippen LogP contribution in [0, 0.1) is 0 Å². The molecular weight excluding hydrogens is 268 g/mol. The molecule has 90 valence electrons. The number of aromatic nitrogens is 2. The molecule has 3 nitrogen and oxygen atoms in total. The van der Waals surface area contributed by atoms with Crippen LogP contribution in [0.5, 0.6) is 5.75 Å². The number of ether oxygens (including phenoxy) is 1. The molecule has 18 heavy (non-hydrogen) atoms. The van der Waals surface area contributed by atoms with Gasteiger partial charge in [-0.3, -0.25) is 0 Å². The number of halogens is 1. The summed E-state index contributed by atoms with van der Waals surface area (Å²) in [5.41, 5.74) is 1.01. The summed E-state index contributed by atoms with van der Waals surface area (Å²) in [7, 11) is 0. The molecular formula is C13H9ClN2OS. The highest BCUT2D eigenvalue weighted by molar-refractivity contribution is 7.18. The van der Waals surface area contributed by atoms with Gasteiger partial charge in [-0.25, -0.2) is 9.97 Å². The highest BCUT2D eigenvalue weighted by Gasteiger charge is 2.04. The molecule has 1 aromatic carbocycles. The molecule has 3 rings (SSSR count). The Kier molecular flexibility index (Phi) is 3.13.